The van der Waals surface area contributed by atoms with E-state index >= 15 is 0 Å². The Morgan fingerprint density at radius 3 is 1.53 bits per heavy atom. The van der Waals surface area contributed by atoms with Crippen molar-refractivity contribution in [2.75, 3.05) is 0 Å². The minimum absolute atomic E-state index is 2.01. The molecule has 11 heteroatoms. The van der Waals surface area contributed by atoms with Gasteiger partial charge in [-0.15, -0.1) is 0 Å². The highest BCUT2D eigenvalue weighted by atomic mass is 31.2. The second-order valence-electron chi connectivity index (χ2n) is 3.70. The van der Waals surface area contributed by atoms with Gasteiger partial charge in [0.1, 0.15) is 30.5 Å². The van der Waals surface area contributed by atoms with Crippen molar-refractivity contribution in [2.24, 2.45) is 0 Å². The van der Waals surface area contributed by atoms with Gasteiger partial charge in [0.25, 0.3) is 0 Å². The van der Waals surface area contributed by atoms with Crippen LogP contribution >= 0.6 is 7.82 Å². The Balaban J connectivity index is 3.08. The first kappa shape index (κ1) is 14.9. The third-order valence-electron chi connectivity index (χ3n) is 2.46. The summed E-state index contributed by atoms with van der Waals surface area (Å²) in [6.07, 6.45) is -11.2. The maximum absolute atomic E-state index is 10.6. The van der Waals surface area contributed by atoms with Crippen LogP contribution in [0, 0.1) is 0 Å². The summed E-state index contributed by atoms with van der Waals surface area (Å²) in [6.45, 7) is 0. The van der Waals surface area contributed by atoms with E-state index < -0.39 is 44.1 Å². The van der Waals surface area contributed by atoms with Gasteiger partial charge in [-0.25, -0.2) is 9.09 Å². The molecule has 0 amide bonds. The second-order valence-corrected chi connectivity index (χ2v) is 4.86. The fourth-order valence-electron chi connectivity index (χ4n) is 1.54. The van der Waals surface area contributed by atoms with Gasteiger partial charge in [0.2, 0.25) is 5.79 Å². The van der Waals surface area contributed by atoms with Crippen molar-refractivity contribution in [3.05, 3.63) is 0 Å². The first-order valence-corrected chi connectivity index (χ1v) is 5.92. The second kappa shape index (κ2) is 4.52. The zero-order valence-corrected chi connectivity index (χ0v) is 9.12. The number of rotatable bonds is 2. The van der Waals surface area contributed by atoms with Crippen molar-refractivity contribution >= 4 is 7.82 Å². The van der Waals surface area contributed by atoms with Crippen molar-refractivity contribution in [3.8, 4) is 0 Å². The lowest BCUT2D eigenvalue weighted by Gasteiger charge is -2.46. The van der Waals surface area contributed by atoms with Crippen molar-refractivity contribution < 1.29 is 49.5 Å². The van der Waals surface area contributed by atoms with E-state index in [-0.39, 0.29) is 0 Å². The van der Waals surface area contributed by atoms with Gasteiger partial charge < -0.3 is 40.4 Å². The molecule has 1 aliphatic carbocycles. The van der Waals surface area contributed by atoms with Crippen LogP contribution in [0.2, 0.25) is 0 Å². The summed E-state index contributed by atoms with van der Waals surface area (Å²) in [6, 6.07) is 0. The number of aliphatic hydroxyl groups excluding tert-OH is 5. The predicted octanol–water partition coefficient (Wildman–Crippen LogP) is -4.40. The number of hydrogen-bond donors (Lipinski definition) is 8. The number of aliphatic hydroxyl groups is 6. The Morgan fingerprint density at radius 2 is 1.24 bits per heavy atom. The van der Waals surface area contributed by atoms with Crippen LogP contribution in [0.5, 0.6) is 0 Å². The number of phosphoric acid groups is 1. The normalized spacial score (nSPS) is 48.1. The van der Waals surface area contributed by atoms with E-state index in [0.717, 1.165) is 0 Å². The Morgan fingerprint density at radius 1 is 0.882 bits per heavy atom. The fraction of sp³-hybridized carbons (Fsp3) is 1.00. The van der Waals surface area contributed by atoms with Crippen molar-refractivity contribution in [1.82, 2.24) is 0 Å². The molecular weight excluding hydrogens is 263 g/mol. The molecule has 1 fully saturated rings. The first-order chi connectivity index (χ1) is 7.50. The molecule has 0 unspecified atom stereocenters. The average molecular weight is 276 g/mol. The zero-order chi connectivity index (χ0) is 13.6. The Hall–Kier alpha value is -0.130. The molecule has 1 aliphatic rings. The lowest BCUT2D eigenvalue weighted by molar-refractivity contribution is -0.336. The van der Waals surface area contributed by atoms with Gasteiger partial charge in [-0.2, -0.15) is 0 Å². The van der Waals surface area contributed by atoms with Gasteiger partial charge >= 0.3 is 7.82 Å². The van der Waals surface area contributed by atoms with E-state index in [4.69, 9.17) is 14.9 Å². The molecule has 0 aliphatic heterocycles. The van der Waals surface area contributed by atoms with E-state index in [1.165, 1.54) is 0 Å². The molecule has 1 saturated carbocycles. The minimum atomic E-state index is -5.32. The summed E-state index contributed by atoms with van der Waals surface area (Å²) in [7, 11) is -5.32. The third kappa shape index (κ3) is 2.66. The highest BCUT2D eigenvalue weighted by Gasteiger charge is 2.61. The smallest absolute Gasteiger partial charge is 0.387 e. The van der Waals surface area contributed by atoms with E-state index in [0.29, 0.717) is 0 Å². The molecule has 6 atom stereocenters. The molecule has 102 valence electrons. The van der Waals surface area contributed by atoms with Gasteiger partial charge in [0.15, 0.2) is 0 Å². The lowest BCUT2D eigenvalue weighted by Crippen LogP contribution is -2.71. The number of hydrogen-bond acceptors (Lipinski definition) is 8. The third-order valence-corrected chi connectivity index (χ3v) is 2.99. The molecule has 8 N–H and O–H groups in total. The molecule has 0 aromatic heterocycles. The minimum Gasteiger partial charge on any atom is -0.387 e. The summed E-state index contributed by atoms with van der Waals surface area (Å²) in [5.74, 6) is -3.31. The van der Waals surface area contributed by atoms with Gasteiger partial charge in [0, 0.05) is 0 Å². The van der Waals surface area contributed by atoms with Crippen LogP contribution in [0.1, 0.15) is 0 Å². The largest absolute Gasteiger partial charge is 0.472 e. The molecule has 10 nitrogen and oxygen atoms in total. The van der Waals surface area contributed by atoms with Crippen LogP contribution in [-0.2, 0) is 9.09 Å². The van der Waals surface area contributed by atoms with Crippen molar-refractivity contribution in [3.63, 3.8) is 0 Å². The van der Waals surface area contributed by atoms with Crippen molar-refractivity contribution in [1.29, 1.82) is 0 Å². The summed E-state index contributed by atoms with van der Waals surface area (Å²) in [4.78, 5) is 17.0. The predicted molar refractivity (Wildman–Crippen MR) is 48.1 cm³/mol. The Labute approximate surface area is 94.6 Å². The highest BCUT2D eigenvalue weighted by molar-refractivity contribution is 7.46. The molecule has 0 aromatic carbocycles. The fourth-order valence-corrected chi connectivity index (χ4v) is 2.14. The van der Waals surface area contributed by atoms with Crippen LogP contribution < -0.4 is 0 Å². The molecule has 17 heavy (non-hydrogen) atoms. The van der Waals surface area contributed by atoms with Gasteiger partial charge in [-0.1, -0.05) is 0 Å². The SMILES string of the molecule is O=P(O)(O)O[C@]1(O)[C@@H](O)[C@H](O)[C@@H](O)[C@H](O)[C@@H]1O. The Bertz CT molecular complexity index is 311. The molecule has 0 saturated heterocycles. The van der Waals surface area contributed by atoms with E-state index in [1.807, 2.05) is 0 Å². The summed E-state index contributed by atoms with van der Waals surface area (Å²) >= 11 is 0. The molecule has 0 spiro atoms. The van der Waals surface area contributed by atoms with Crippen LogP contribution in [0.25, 0.3) is 0 Å². The van der Waals surface area contributed by atoms with Crippen LogP contribution in [-0.4, -0.2) is 76.7 Å². The molecule has 0 radical (unpaired) electrons. The monoisotopic (exact) mass is 276 g/mol. The Kier molecular flexibility index (Phi) is 3.97. The molecule has 0 aromatic rings. The highest BCUT2D eigenvalue weighted by Crippen LogP contribution is 2.45. The molecule has 0 heterocycles. The van der Waals surface area contributed by atoms with Gasteiger partial charge in [-0.3, -0.25) is 0 Å². The van der Waals surface area contributed by atoms with Crippen LogP contribution in [0.15, 0.2) is 0 Å². The van der Waals surface area contributed by atoms with Crippen LogP contribution in [0.3, 0.4) is 0 Å². The standard InChI is InChI=1S/C6H13O10P/c7-1-2(8)4(10)6(12,5(11)3(1)9)16-17(13,14)15/h1-5,7-12H,(H2,13,14,15)/t1-,2-,3+,4-,5-,6-/m0/s1. The van der Waals surface area contributed by atoms with E-state index in [2.05, 4.69) is 4.52 Å². The average Bonchev–Trinajstić information content (AvgIpc) is 2.19. The topological polar surface area (TPSA) is 188 Å². The maximum Gasteiger partial charge on any atom is 0.472 e. The first-order valence-electron chi connectivity index (χ1n) is 4.39. The summed E-state index contributed by atoms with van der Waals surface area (Å²) in [5.41, 5.74) is 0. The summed E-state index contributed by atoms with van der Waals surface area (Å²) in [5, 5.41) is 55.7. The molecule has 1 rings (SSSR count). The van der Waals surface area contributed by atoms with Crippen molar-refractivity contribution in [2.45, 2.75) is 36.3 Å². The van der Waals surface area contributed by atoms with E-state index in [9.17, 15) is 30.1 Å². The molecule has 0 bridgehead atoms. The maximum atomic E-state index is 10.6. The van der Waals surface area contributed by atoms with Gasteiger partial charge in [0.05, 0.1) is 0 Å². The van der Waals surface area contributed by atoms with Gasteiger partial charge in [-0.05, 0) is 0 Å². The van der Waals surface area contributed by atoms with E-state index in [1.54, 1.807) is 0 Å². The quantitative estimate of drug-likeness (QED) is 0.180. The van der Waals surface area contributed by atoms with Crippen LogP contribution in [0.4, 0.5) is 0 Å². The molecular formula is C6H13O10P. The number of phosphoric ester groups is 1. The summed E-state index contributed by atoms with van der Waals surface area (Å²) < 4.78 is 14.3. The zero-order valence-electron chi connectivity index (χ0n) is 8.23. The lowest BCUT2D eigenvalue weighted by atomic mass is 9.82.